The Kier molecular flexibility index (Phi) is 5.51. The number of hydrogen-bond acceptors (Lipinski definition) is 2. The molecule has 20 heavy (non-hydrogen) atoms. The molecule has 2 nitrogen and oxygen atoms in total. The topological polar surface area (TPSA) is 26.3 Å². The van der Waals surface area contributed by atoms with Crippen molar-refractivity contribution in [2.45, 2.75) is 66.2 Å². The lowest BCUT2D eigenvalue weighted by atomic mass is 9.54. The lowest BCUT2D eigenvalue weighted by molar-refractivity contribution is -0.147. The zero-order valence-electron chi connectivity index (χ0n) is 13.7. The molecule has 0 aromatic carbocycles. The number of fused-ring (bicyclic) bond motifs is 1. The molecule has 0 saturated heterocycles. The van der Waals surface area contributed by atoms with Gasteiger partial charge >= 0.3 is 5.97 Å². The molecule has 6 unspecified atom stereocenters. The van der Waals surface area contributed by atoms with Crippen LogP contribution in [0.25, 0.3) is 0 Å². The summed E-state index contributed by atoms with van der Waals surface area (Å²) in [5.41, 5.74) is 0. The first-order valence-corrected chi connectivity index (χ1v) is 8.74. The maximum absolute atomic E-state index is 12.0. The zero-order chi connectivity index (χ0) is 14.7. The van der Waals surface area contributed by atoms with Gasteiger partial charge in [0.2, 0.25) is 0 Å². The van der Waals surface area contributed by atoms with Gasteiger partial charge in [0.05, 0.1) is 6.61 Å². The van der Waals surface area contributed by atoms with Gasteiger partial charge in [-0.2, -0.15) is 0 Å². The Bertz CT molecular complexity index is 325. The molecular weight excluding hydrogens is 248 g/mol. The third-order valence-electron chi connectivity index (χ3n) is 6.16. The Hall–Kier alpha value is -0.530. The molecule has 0 N–H and O–H groups in total. The highest BCUT2D eigenvalue weighted by Gasteiger charge is 2.45. The van der Waals surface area contributed by atoms with E-state index in [-0.39, 0.29) is 5.97 Å². The average Bonchev–Trinajstić information content (AvgIpc) is 2.43. The minimum atomic E-state index is 0.0297. The predicted octanol–water partition coefficient (Wildman–Crippen LogP) is 4.67. The highest BCUT2D eigenvalue weighted by Crippen LogP contribution is 2.52. The standard InChI is InChI=1S/C18H32O2/c1-5-14-9-10-15-12(3)7-8-13(4)18(15)16(14)11-17(19)20-6-2/h12-16,18H,5-11H2,1-4H3. The van der Waals surface area contributed by atoms with Crippen molar-refractivity contribution in [1.82, 2.24) is 0 Å². The smallest absolute Gasteiger partial charge is 0.306 e. The van der Waals surface area contributed by atoms with Crippen molar-refractivity contribution in [2.75, 3.05) is 6.61 Å². The van der Waals surface area contributed by atoms with E-state index in [1.165, 1.54) is 32.1 Å². The van der Waals surface area contributed by atoms with Gasteiger partial charge in [-0.15, -0.1) is 0 Å². The van der Waals surface area contributed by atoms with Crippen LogP contribution in [0.2, 0.25) is 0 Å². The van der Waals surface area contributed by atoms with E-state index < -0.39 is 0 Å². The van der Waals surface area contributed by atoms with Crippen LogP contribution in [0.4, 0.5) is 0 Å². The van der Waals surface area contributed by atoms with Crippen molar-refractivity contribution in [3.8, 4) is 0 Å². The molecule has 2 saturated carbocycles. The number of rotatable bonds is 4. The fraction of sp³-hybridized carbons (Fsp3) is 0.944. The molecule has 2 aliphatic carbocycles. The van der Waals surface area contributed by atoms with Crippen LogP contribution in [0.1, 0.15) is 66.2 Å². The van der Waals surface area contributed by atoms with Crippen molar-refractivity contribution in [3.63, 3.8) is 0 Å². The molecule has 0 spiro atoms. The number of esters is 1. The normalized spacial score (nSPS) is 41.0. The van der Waals surface area contributed by atoms with E-state index in [9.17, 15) is 4.79 Å². The van der Waals surface area contributed by atoms with Gasteiger partial charge < -0.3 is 4.74 Å². The van der Waals surface area contributed by atoms with E-state index in [4.69, 9.17) is 4.74 Å². The van der Waals surface area contributed by atoms with Gasteiger partial charge in [-0.1, -0.05) is 40.0 Å². The predicted molar refractivity (Wildman–Crippen MR) is 82.3 cm³/mol. The summed E-state index contributed by atoms with van der Waals surface area (Å²) in [5, 5.41) is 0. The fourth-order valence-corrected chi connectivity index (χ4v) is 5.11. The van der Waals surface area contributed by atoms with Crippen molar-refractivity contribution in [1.29, 1.82) is 0 Å². The minimum Gasteiger partial charge on any atom is -0.466 e. The van der Waals surface area contributed by atoms with E-state index >= 15 is 0 Å². The molecule has 0 aliphatic heterocycles. The summed E-state index contributed by atoms with van der Waals surface area (Å²) in [5.74, 6) is 4.55. The van der Waals surface area contributed by atoms with Crippen LogP contribution in [0, 0.1) is 35.5 Å². The van der Waals surface area contributed by atoms with Crippen LogP contribution in [0.15, 0.2) is 0 Å². The molecular formula is C18H32O2. The highest BCUT2D eigenvalue weighted by atomic mass is 16.5. The largest absolute Gasteiger partial charge is 0.466 e. The SMILES string of the molecule is CCOC(=O)CC1C(CC)CCC2C(C)CCC(C)C21. The molecule has 2 heteroatoms. The Balaban J connectivity index is 2.14. The van der Waals surface area contributed by atoms with E-state index in [2.05, 4.69) is 20.8 Å². The summed E-state index contributed by atoms with van der Waals surface area (Å²) in [6.07, 6.45) is 7.30. The molecule has 0 aromatic rings. The fourth-order valence-electron chi connectivity index (χ4n) is 5.11. The van der Waals surface area contributed by atoms with Crippen molar-refractivity contribution in [2.24, 2.45) is 35.5 Å². The summed E-state index contributed by atoms with van der Waals surface area (Å²) >= 11 is 0. The summed E-state index contributed by atoms with van der Waals surface area (Å²) < 4.78 is 5.24. The van der Waals surface area contributed by atoms with Gasteiger partial charge in [0.15, 0.2) is 0 Å². The Labute approximate surface area is 124 Å². The molecule has 0 heterocycles. The van der Waals surface area contributed by atoms with Crippen LogP contribution in [0.5, 0.6) is 0 Å². The number of carbonyl (C=O) groups excluding carboxylic acids is 1. The second-order valence-electron chi connectivity index (χ2n) is 7.19. The van der Waals surface area contributed by atoms with Crippen LogP contribution in [0.3, 0.4) is 0 Å². The third kappa shape index (κ3) is 3.20. The van der Waals surface area contributed by atoms with Crippen LogP contribution >= 0.6 is 0 Å². The van der Waals surface area contributed by atoms with Gasteiger partial charge in [-0.05, 0) is 55.3 Å². The van der Waals surface area contributed by atoms with Gasteiger partial charge in [0.1, 0.15) is 0 Å². The number of carbonyl (C=O) groups is 1. The molecule has 116 valence electrons. The van der Waals surface area contributed by atoms with Crippen LogP contribution < -0.4 is 0 Å². The van der Waals surface area contributed by atoms with Crippen molar-refractivity contribution < 1.29 is 9.53 Å². The number of ether oxygens (including phenoxy) is 1. The Morgan fingerprint density at radius 3 is 2.40 bits per heavy atom. The van der Waals surface area contributed by atoms with E-state index in [1.807, 2.05) is 6.92 Å². The maximum atomic E-state index is 12.0. The average molecular weight is 280 g/mol. The molecule has 0 aromatic heterocycles. The monoisotopic (exact) mass is 280 g/mol. The van der Waals surface area contributed by atoms with Gasteiger partial charge in [-0.25, -0.2) is 0 Å². The first kappa shape index (κ1) is 15.9. The van der Waals surface area contributed by atoms with Gasteiger partial charge in [0.25, 0.3) is 0 Å². The maximum Gasteiger partial charge on any atom is 0.306 e. The molecule has 0 radical (unpaired) electrons. The van der Waals surface area contributed by atoms with E-state index in [1.54, 1.807) is 0 Å². The van der Waals surface area contributed by atoms with Gasteiger partial charge in [0, 0.05) is 6.42 Å². The quantitative estimate of drug-likeness (QED) is 0.699. The van der Waals surface area contributed by atoms with E-state index in [0.717, 1.165) is 29.6 Å². The second-order valence-corrected chi connectivity index (χ2v) is 7.19. The lowest BCUT2D eigenvalue weighted by Crippen LogP contribution is -2.44. The lowest BCUT2D eigenvalue weighted by Gasteiger charge is -2.51. The van der Waals surface area contributed by atoms with Crippen molar-refractivity contribution >= 4 is 5.97 Å². The molecule has 2 aliphatic rings. The Morgan fingerprint density at radius 2 is 1.75 bits per heavy atom. The summed E-state index contributed by atoms with van der Waals surface area (Å²) in [4.78, 5) is 12.0. The summed E-state index contributed by atoms with van der Waals surface area (Å²) in [7, 11) is 0. The third-order valence-corrected chi connectivity index (χ3v) is 6.16. The summed E-state index contributed by atoms with van der Waals surface area (Å²) in [6, 6.07) is 0. The van der Waals surface area contributed by atoms with E-state index in [0.29, 0.717) is 18.9 Å². The van der Waals surface area contributed by atoms with Crippen molar-refractivity contribution in [3.05, 3.63) is 0 Å². The van der Waals surface area contributed by atoms with Crippen LogP contribution in [-0.4, -0.2) is 12.6 Å². The number of hydrogen-bond donors (Lipinski definition) is 0. The molecule has 6 atom stereocenters. The molecule has 2 fully saturated rings. The minimum absolute atomic E-state index is 0.0297. The summed E-state index contributed by atoms with van der Waals surface area (Å²) in [6.45, 7) is 9.56. The highest BCUT2D eigenvalue weighted by molar-refractivity contribution is 5.69. The molecule has 0 bridgehead atoms. The molecule has 2 rings (SSSR count). The molecule has 0 amide bonds. The Morgan fingerprint density at radius 1 is 1.05 bits per heavy atom. The van der Waals surface area contributed by atoms with Crippen LogP contribution in [-0.2, 0) is 9.53 Å². The first-order chi connectivity index (χ1) is 9.58. The first-order valence-electron chi connectivity index (χ1n) is 8.74. The van der Waals surface area contributed by atoms with Gasteiger partial charge in [-0.3, -0.25) is 4.79 Å². The zero-order valence-corrected chi connectivity index (χ0v) is 13.7. The second kappa shape index (κ2) is 6.95.